The molecule has 2 N–H and O–H groups in total. The molecule has 2 aromatic heterocycles. The van der Waals surface area contributed by atoms with Gasteiger partial charge in [0, 0.05) is 17.4 Å². The SMILES string of the molecule is Nc1cc2ccccc2cc1-c1nnc2cccnn12. The van der Waals surface area contributed by atoms with Crippen LogP contribution in [0.25, 0.3) is 27.8 Å². The van der Waals surface area contributed by atoms with Crippen molar-refractivity contribution >= 4 is 22.1 Å². The zero-order chi connectivity index (χ0) is 13.5. The Labute approximate surface area is 114 Å². The van der Waals surface area contributed by atoms with Crippen LogP contribution in [0.2, 0.25) is 0 Å². The van der Waals surface area contributed by atoms with Gasteiger partial charge >= 0.3 is 0 Å². The number of hydrogen-bond acceptors (Lipinski definition) is 4. The zero-order valence-corrected chi connectivity index (χ0v) is 10.6. The van der Waals surface area contributed by atoms with Crippen LogP contribution in [-0.4, -0.2) is 19.8 Å². The second-order valence-corrected chi connectivity index (χ2v) is 4.60. The normalized spacial score (nSPS) is 11.2. The molecule has 4 aromatic rings. The van der Waals surface area contributed by atoms with E-state index < -0.39 is 0 Å². The first-order valence-corrected chi connectivity index (χ1v) is 6.28. The molecule has 0 saturated carbocycles. The average Bonchev–Trinajstić information content (AvgIpc) is 2.90. The highest BCUT2D eigenvalue weighted by atomic mass is 15.4. The lowest BCUT2D eigenvalue weighted by molar-refractivity contribution is 0.936. The van der Waals surface area contributed by atoms with Crippen molar-refractivity contribution in [2.24, 2.45) is 0 Å². The first-order chi connectivity index (χ1) is 9.83. The summed E-state index contributed by atoms with van der Waals surface area (Å²) in [4.78, 5) is 0. The number of anilines is 1. The van der Waals surface area contributed by atoms with Crippen LogP contribution in [0, 0.1) is 0 Å². The lowest BCUT2D eigenvalue weighted by Crippen LogP contribution is -1.97. The molecule has 0 aliphatic carbocycles. The Balaban J connectivity index is 2.04. The predicted molar refractivity (Wildman–Crippen MR) is 78.1 cm³/mol. The van der Waals surface area contributed by atoms with E-state index in [1.807, 2.05) is 42.5 Å². The summed E-state index contributed by atoms with van der Waals surface area (Å²) < 4.78 is 1.69. The summed E-state index contributed by atoms with van der Waals surface area (Å²) in [6.07, 6.45) is 1.71. The van der Waals surface area contributed by atoms with Crippen LogP contribution in [0.1, 0.15) is 0 Å². The summed E-state index contributed by atoms with van der Waals surface area (Å²) in [5.41, 5.74) is 8.38. The van der Waals surface area contributed by atoms with Gasteiger partial charge in [-0.15, -0.1) is 10.2 Å². The Hall–Kier alpha value is -2.95. The van der Waals surface area contributed by atoms with Gasteiger partial charge in [-0.1, -0.05) is 24.3 Å². The summed E-state index contributed by atoms with van der Waals surface area (Å²) in [6.45, 7) is 0. The first-order valence-electron chi connectivity index (χ1n) is 6.28. The van der Waals surface area contributed by atoms with Crippen LogP contribution in [0.5, 0.6) is 0 Å². The van der Waals surface area contributed by atoms with Gasteiger partial charge in [0.25, 0.3) is 0 Å². The van der Waals surface area contributed by atoms with E-state index >= 15 is 0 Å². The fraction of sp³-hybridized carbons (Fsp3) is 0. The molecule has 5 heteroatoms. The molecule has 0 bridgehead atoms. The molecule has 0 saturated heterocycles. The van der Waals surface area contributed by atoms with Crippen molar-refractivity contribution < 1.29 is 0 Å². The van der Waals surface area contributed by atoms with Crippen molar-refractivity contribution in [3.05, 3.63) is 54.7 Å². The number of hydrogen-bond donors (Lipinski definition) is 1. The standard InChI is InChI=1S/C15H11N5/c16-13-9-11-5-2-1-4-10(11)8-12(13)15-19-18-14-6-3-7-17-20(14)15/h1-9H,16H2. The van der Waals surface area contributed by atoms with Gasteiger partial charge in [0.2, 0.25) is 0 Å². The minimum absolute atomic E-state index is 0.656. The van der Waals surface area contributed by atoms with Gasteiger partial charge in [0.15, 0.2) is 11.5 Å². The van der Waals surface area contributed by atoms with E-state index in [2.05, 4.69) is 21.4 Å². The summed E-state index contributed by atoms with van der Waals surface area (Å²) in [5.74, 6) is 0.656. The molecule has 0 amide bonds. The Morgan fingerprint density at radius 2 is 1.70 bits per heavy atom. The molecule has 5 nitrogen and oxygen atoms in total. The Morgan fingerprint density at radius 3 is 2.55 bits per heavy atom. The quantitative estimate of drug-likeness (QED) is 0.534. The maximum Gasteiger partial charge on any atom is 0.187 e. The van der Waals surface area contributed by atoms with Gasteiger partial charge in [0.1, 0.15) is 0 Å². The summed E-state index contributed by atoms with van der Waals surface area (Å²) in [7, 11) is 0. The van der Waals surface area contributed by atoms with Gasteiger partial charge in [0.05, 0.1) is 0 Å². The number of nitrogens with two attached hydrogens (primary N) is 1. The van der Waals surface area contributed by atoms with Crippen molar-refractivity contribution in [2.45, 2.75) is 0 Å². The van der Waals surface area contributed by atoms with E-state index in [4.69, 9.17) is 5.73 Å². The second kappa shape index (κ2) is 4.03. The number of benzene rings is 2. The number of rotatable bonds is 1. The minimum Gasteiger partial charge on any atom is -0.398 e. The predicted octanol–water partition coefficient (Wildman–Crippen LogP) is 2.53. The number of nitrogens with zero attached hydrogens (tertiary/aromatic N) is 4. The van der Waals surface area contributed by atoms with E-state index in [1.165, 1.54) is 0 Å². The lowest BCUT2D eigenvalue weighted by Gasteiger charge is -2.06. The van der Waals surface area contributed by atoms with Crippen LogP contribution in [-0.2, 0) is 0 Å². The molecule has 2 aromatic carbocycles. The van der Waals surface area contributed by atoms with Crippen molar-refractivity contribution in [3.8, 4) is 11.4 Å². The second-order valence-electron chi connectivity index (χ2n) is 4.60. The molecular weight excluding hydrogens is 250 g/mol. The molecule has 0 atom stereocenters. The summed E-state index contributed by atoms with van der Waals surface area (Å²) in [6, 6.07) is 15.8. The topological polar surface area (TPSA) is 69.1 Å². The van der Waals surface area contributed by atoms with E-state index in [-0.39, 0.29) is 0 Å². The van der Waals surface area contributed by atoms with Crippen molar-refractivity contribution in [1.29, 1.82) is 0 Å². The third-order valence-electron chi connectivity index (χ3n) is 3.34. The summed E-state index contributed by atoms with van der Waals surface area (Å²) in [5, 5.41) is 14.8. The smallest absolute Gasteiger partial charge is 0.187 e. The van der Waals surface area contributed by atoms with Crippen LogP contribution in [0.15, 0.2) is 54.7 Å². The van der Waals surface area contributed by atoms with Gasteiger partial charge in [-0.3, -0.25) is 0 Å². The maximum atomic E-state index is 6.16. The summed E-state index contributed by atoms with van der Waals surface area (Å²) >= 11 is 0. The molecule has 96 valence electrons. The highest BCUT2D eigenvalue weighted by Gasteiger charge is 2.12. The number of aromatic nitrogens is 4. The number of fused-ring (bicyclic) bond motifs is 2. The highest BCUT2D eigenvalue weighted by molar-refractivity contribution is 5.92. The third-order valence-corrected chi connectivity index (χ3v) is 3.34. The molecule has 2 heterocycles. The third kappa shape index (κ3) is 1.53. The van der Waals surface area contributed by atoms with Crippen molar-refractivity contribution in [2.75, 3.05) is 5.73 Å². The molecule has 0 radical (unpaired) electrons. The largest absolute Gasteiger partial charge is 0.398 e. The van der Waals surface area contributed by atoms with Gasteiger partial charge in [-0.2, -0.15) is 9.61 Å². The average molecular weight is 261 g/mol. The molecule has 0 aliphatic rings. The van der Waals surface area contributed by atoms with Crippen LogP contribution in [0.3, 0.4) is 0 Å². The molecule has 4 rings (SSSR count). The van der Waals surface area contributed by atoms with Gasteiger partial charge < -0.3 is 5.73 Å². The molecule has 0 unspecified atom stereocenters. The number of nitrogen functional groups attached to an aromatic ring is 1. The monoisotopic (exact) mass is 261 g/mol. The van der Waals surface area contributed by atoms with Gasteiger partial charge in [-0.25, -0.2) is 0 Å². The lowest BCUT2D eigenvalue weighted by atomic mass is 10.0. The minimum atomic E-state index is 0.656. The van der Waals surface area contributed by atoms with Gasteiger partial charge in [-0.05, 0) is 35.0 Å². The van der Waals surface area contributed by atoms with Crippen LogP contribution in [0.4, 0.5) is 5.69 Å². The van der Waals surface area contributed by atoms with E-state index in [1.54, 1.807) is 10.7 Å². The molecule has 20 heavy (non-hydrogen) atoms. The fourth-order valence-electron chi connectivity index (χ4n) is 2.36. The molecule has 0 fully saturated rings. The molecule has 0 spiro atoms. The Bertz CT molecular complexity index is 926. The Kier molecular flexibility index (Phi) is 2.20. The van der Waals surface area contributed by atoms with E-state index in [9.17, 15) is 0 Å². The van der Waals surface area contributed by atoms with E-state index in [0.29, 0.717) is 17.2 Å². The van der Waals surface area contributed by atoms with E-state index in [0.717, 1.165) is 16.3 Å². The Morgan fingerprint density at radius 1 is 0.900 bits per heavy atom. The van der Waals surface area contributed by atoms with Crippen LogP contribution < -0.4 is 5.73 Å². The molecule has 0 aliphatic heterocycles. The fourth-order valence-corrected chi connectivity index (χ4v) is 2.36. The first kappa shape index (κ1) is 10.9. The highest BCUT2D eigenvalue weighted by Crippen LogP contribution is 2.29. The maximum absolute atomic E-state index is 6.16. The van der Waals surface area contributed by atoms with Crippen LogP contribution >= 0.6 is 0 Å². The molecular formula is C15H11N5. The zero-order valence-electron chi connectivity index (χ0n) is 10.6. The van der Waals surface area contributed by atoms with Crippen molar-refractivity contribution in [3.63, 3.8) is 0 Å². The van der Waals surface area contributed by atoms with Crippen molar-refractivity contribution in [1.82, 2.24) is 19.8 Å².